The summed E-state index contributed by atoms with van der Waals surface area (Å²) in [6.45, 7) is 4.27. The summed E-state index contributed by atoms with van der Waals surface area (Å²) < 4.78 is 5.97. The quantitative estimate of drug-likeness (QED) is 0.787. The summed E-state index contributed by atoms with van der Waals surface area (Å²) >= 11 is 6.92. The lowest BCUT2D eigenvalue weighted by atomic mass is 9.86. The van der Waals surface area contributed by atoms with Crippen LogP contribution in [0.5, 0.6) is 0 Å². The van der Waals surface area contributed by atoms with Crippen molar-refractivity contribution in [1.29, 1.82) is 0 Å². The van der Waals surface area contributed by atoms with Gasteiger partial charge in [0.25, 0.3) is 5.79 Å². The molecule has 3 rings (SSSR count). The molecule has 0 spiro atoms. The van der Waals surface area contributed by atoms with Crippen LogP contribution in [0.4, 0.5) is 0 Å². The van der Waals surface area contributed by atoms with Crippen molar-refractivity contribution < 1.29 is 9.57 Å². The van der Waals surface area contributed by atoms with Crippen LogP contribution in [-0.2, 0) is 15.4 Å². The molecule has 0 bridgehead atoms. The largest absolute Gasteiger partial charge is 0.352 e. The van der Waals surface area contributed by atoms with Crippen LogP contribution in [0.1, 0.15) is 25.0 Å². The molecule has 2 atom stereocenters. The molecule has 0 aromatic heterocycles. The van der Waals surface area contributed by atoms with Crippen LogP contribution in [0.2, 0.25) is 0 Å². The Kier molecular flexibility index (Phi) is 3.94. The molecule has 22 heavy (non-hydrogen) atoms. The van der Waals surface area contributed by atoms with Gasteiger partial charge in [-0.15, -0.1) is 11.6 Å². The highest BCUT2D eigenvalue weighted by molar-refractivity contribution is 6.40. The Balaban J connectivity index is 2.08. The Morgan fingerprint density at radius 3 is 2.23 bits per heavy atom. The third kappa shape index (κ3) is 2.21. The molecule has 0 radical (unpaired) electrons. The number of ether oxygens (including phenoxy) is 1. The van der Waals surface area contributed by atoms with E-state index in [-0.39, 0.29) is 0 Å². The molecule has 0 amide bonds. The topological polar surface area (TPSA) is 30.8 Å². The van der Waals surface area contributed by atoms with Crippen molar-refractivity contribution in [3.05, 3.63) is 71.8 Å². The van der Waals surface area contributed by atoms with Gasteiger partial charge < -0.3 is 9.57 Å². The average Bonchev–Trinajstić information content (AvgIpc) is 2.81. The number of hydrogen-bond acceptors (Lipinski definition) is 3. The second-order valence-corrected chi connectivity index (χ2v) is 6.07. The maximum Gasteiger partial charge on any atom is 0.288 e. The van der Waals surface area contributed by atoms with Crippen molar-refractivity contribution in [2.24, 2.45) is 5.16 Å². The van der Waals surface area contributed by atoms with Crippen molar-refractivity contribution in [2.45, 2.75) is 24.5 Å². The van der Waals surface area contributed by atoms with Gasteiger partial charge in [-0.1, -0.05) is 65.8 Å². The molecule has 0 N–H and O–H groups in total. The number of hydrogen-bond donors (Lipinski definition) is 0. The minimum atomic E-state index is -1.13. The third-order valence-corrected chi connectivity index (χ3v) is 4.30. The Morgan fingerprint density at radius 1 is 1.05 bits per heavy atom. The summed E-state index contributed by atoms with van der Waals surface area (Å²) in [6, 6.07) is 19.5. The summed E-state index contributed by atoms with van der Waals surface area (Å²) in [5.74, 6) is -1.13. The second kappa shape index (κ2) is 5.75. The van der Waals surface area contributed by atoms with Crippen molar-refractivity contribution in [3.8, 4) is 0 Å². The molecule has 114 valence electrons. The highest BCUT2D eigenvalue weighted by Crippen LogP contribution is 2.48. The van der Waals surface area contributed by atoms with Crippen LogP contribution in [0.3, 0.4) is 0 Å². The van der Waals surface area contributed by atoms with Crippen LogP contribution in [0.25, 0.3) is 0 Å². The molecular formula is C18H18ClNO2. The highest BCUT2D eigenvalue weighted by Gasteiger charge is 2.60. The van der Waals surface area contributed by atoms with Gasteiger partial charge in [-0.25, -0.2) is 0 Å². The van der Waals surface area contributed by atoms with E-state index in [1.807, 2.05) is 74.5 Å². The van der Waals surface area contributed by atoms with Gasteiger partial charge in [0.1, 0.15) is 5.71 Å². The maximum atomic E-state index is 6.92. The van der Waals surface area contributed by atoms with Gasteiger partial charge in [0.05, 0.1) is 0 Å². The molecule has 0 fully saturated rings. The Bertz CT molecular complexity index is 670. The van der Waals surface area contributed by atoms with E-state index in [0.717, 1.165) is 11.1 Å². The lowest BCUT2D eigenvalue weighted by Crippen LogP contribution is -2.50. The SMILES string of the molecule is CCOC1(c2ccccc2)ON=C(c2ccccc2)C1(C)Cl. The normalized spacial score (nSPS) is 27.3. The van der Waals surface area contributed by atoms with Crippen molar-refractivity contribution in [1.82, 2.24) is 0 Å². The van der Waals surface area contributed by atoms with Crippen molar-refractivity contribution in [2.75, 3.05) is 6.61 Å². The zero-order valence-electron chi connectivity index (χ0n) is 12.6. The van der Waals surface area contributed by atoms with Gasteiger partial charge in [0.15, 0.2) is 4.87 Å². The molecule has 1 aliphatic rings. The minimum absolute atomic E-state index is 0.467. The molecule has 4 heteroatoms. The van der Waals surface area contributed by atoms with E-state index < -0.39 is 10.7 Å². The lowest BCUT2D eigenvalue weighted by Gasteiger charge is -2.36. The molecule has 2 aromatic rings. The average molecular weight is 316 g/mol. The standard InChI is InChI=1S/C18H18ClNO2/c1-3-21-18(15-12-8-5-9-13-15)17(2,19)16(20-22-18)14-10-6-4-7-11-14/h4-13H,3H2,1-2H3. The first-order valence-corrected chi connectivity index (χ1v) is 7.70. The van der Waals surface area contributed by atoms with E-state index in [1.165, 1.54) is 0 Å². The molecule has 1 heterocycles. The van der Waals surface area contributed by atoms with Crippen molar-refractivity contribution in [3.63, 3.8) is 0 Å². The maximum absolute atomic E-state index is 6.92. The molecule has 0 saturated heterocycles. The van der Waals surface area contributed by atoms with Gasteiger partial charge in [0.2, 0.25) is 0 Å². The first-order chi connectivity index (χ1) is 10.6. The number of nitrogens with zero attached hydrogens (tertiary/aromatic N) is 1. The summed E-state index contributed by atoms with van der Waals surface area (Å²) in [7, 11) is 0. The van der Waals surface area contributed by atoms with Crippen LogP contribution in [-0.4, -0.2) is 17.2 Å². The zero-order chi connectivity index (χ0) is 15.6. The first-order valence-electron chi connectivity index (χ1n) is 7.32. The van der Waals surface area contributed by atoms with Crippen molar-refractivity contribution >= 4 is 17.3 Å². The Labute approximate surface area is 135 Å². The summed E-state index contributed by atoms with van der Waals surface area (Å²) in [4.78, 5) is 4.84. The van der Waals surface area contributed by atoms with E-state index in [0.29, 0.717) is 12.3 Å². The lowest BCUT2D eigenvalue weighted by molar-refractivity contribution is -0.241. The van der Waals surface area contributed by atoms with E-state index in [9.17, 15) is 0 Å². The fraction of sp³-hybridized carbons (Fsp3) is 0.278. The predicted octanol–water partition coefficient (Wildman–Crippen LogP) is 4.31. The van der Waals surface area contributed by atoms with Gasteiger partial charge in [0, 0.05) is 17.7 Å². The highest BCUT2D eigenvalue weighted by atomic mass is 35.5. The molecule has 2 unspecified atom stereocenters. The van der Waals surface area contributed by atoms with Crippen LogP contribution >= 0.6 is 11.6 Å². The van der Waals surface area contributed by atoms with Gasteiger partial charge in [-0.3, -0.25) is 0 Å². The van der Waals surface area contributed by atoms with E-state index >= 15 is 0 Å². The molecule has 3 nitrogen and oxygen atoms in total. The number of alkyl halides is 1. The first kappa shape index (κ1) is 15.1. The summed E-state index contributed by atoms with van der Waals surface area (Å²) in [6.07, 6.45) is 0. The monoisotopic (exact) mass is 315 g/mol. The minimum Gasteiger partial charge on any atom is -0.352 e. The molecule has 1 aliphatic heterocycles. The smallest absolute Gasteiger partial charge is 0.288 e. The van der Waals surface area contributed by atoms with E-state index in [4.69, 9.17) is 21.2 Å². The zero-order valence-corrected chi connectivity index (χ0v) is 13.4. The molecule has 0 saturated carbocycles. The van der Waals surface area contributed by atoms with Crippen LogP contribution in [0, 0.1) is 0 Å². The van der Waals surface area contributed by atoms with E-state index in [1.54, 1.807) is 0 Å². The van der Waals surface area contributed by atoms with Gasteiger partial charge in [-0.2, -0.15) is 0 Å². The molecule has 2 aromatic carbocycles. The van der Waals surface area contributed by atoms with Crippen LogP contribution in [0.15, 0.2) is 65.8 Å². The fourth-order valence-corrected chi connectivity index (χ4v) is 3.13. The van der Waals surface area contributed by atoms with Gasteiger partial charge >= 0.3 is 0 Å². The number of rotatable bonds is 4. The van der Waals surface area contributed by atoms with Crippen LogP contribution < -0.4 is 0 Å². The van der Waals surface area contributed by atoms with E-state index in [2.05, 4.69) is 5.16 Å². The molecule has 0 aliphatic carbocycles. The number of benzene rings is 2. The Morgan fingerprint density at radius 2 is 1.64 bits per heavy atom. The summed E-state index contributed by atoms with van der Waals surface area (Å²) in [5.41, 5.74) is 2.45. The third-order valence-electron chi connectivity index (χ3n) is 3.88. The summed E-state index contributed by atoms with van der Waals surface area (Å²) in [5, 5.41) is 4.27. The second-order valence-electron chi connectivity index (χ2n) is 5.32. The van der Waals surface area contributed by atoms with Gasteiger partial charge in [-0.05, 0) is 13.8 Å². The fourth-order valence-electron chi connectivity index (χ4n) is 2.79. The Hall–Kier alpha value is -1.84. The predicted molar refractivity (Wildman–Crippen MR) is 88.1 cm³/mol. The number of oxime groups is 1. The number of halogens is 1. The molecular weight excluding hydrogens is 298 g/mol.